The Morgan fingerprint density at radius 3 is 2.29 bits per heavy atom. The number of piperazine rings is 1. The van der Waals surface area contributed by atoms with E-state index in [0.29, 0.717) is 45.0 Å². The first-order valence-corrected chi connectivity index (χ1v) is 10.3. The lowest BCUT2D eigenvalue weighted by Gasteiger charge is -2.34. The van der Waals surface area contributed by atoms with E-state index in [-0.39, 0.29) is 24.8 Å². The molecule has 2 saturated carbocycles. The van der Waals surface area contributed by atoms with E-state index in [2.05, 4.69) is 9.97 Å². The normalized spacial score (nSPS) is 40.3. The van der Waals surface area contributed by atoms with Crippen LogP contribution in [0.3, 0.4) is 0 Å². The summed E-state index contributed by atoms with van der Waals surface area (Å²) in [5.41, 5.74) is 0. The van der Waals surface area contributed by atoms with Gasteiger partial charge in [-0.1, -0.05) is 0 Å². The van der Waals surface area contributed by atoms with Crippen molar-refractivity contribution in [3.8, 4) is 0 Å². The van der Waals surface area contributed by atoms with Gasteiger partial charge in [-0.05, 0) is 56.5 Å². The summed E-state index contributed by atoms with van der Waals surface area (Å²) < 4.78 is 34.6. The molecular weight excluding hydrogens is 354 g/mol. The maximum Gasteiger partial charge on any atom is 0.233 e. The molecule has 0 aromatic carbocycles. The van der Waals surface area contributed by atoms with Crippen LogP contribution < -0.4 is 4.90 Å². The van der Waals surface area contributed by atoms with Gasteiger partial charge < -0.3 is 4.90 Å². The number of anilines is 1. The van der Waals surface area contributed by atoms with Crippen LogP contribution in [0.15, 0.2) is 18.5 Å². The van der Waals surface area contributed by atoms with Gasteiger partial charge in [0.25, 0.3) is 0 Å². The molecule has 4 aliphatic rings. The number of fused-ring (bicyclic) bond motifs is 5. The van der Waals surface area contributed by atoms with E-state index in [4.69, 9.17) is 5.48 Å². The van der Waals surface area contributed by atoms with Crippen molar-refractivity contribution < 1.29 is 15.1 Å². The summed E-state index contributed by atoms with van der Waals surface area (Å²) in [6.45, 7) is 0.817. The second-order valence-electron chi connectivity index (χ2n) is 8.08. The van der Waals surface area contributed by atoms with Gasteiger partial charge >= 0.3 is 0 Å². The van der Waals surface area contributed by atoms with Crippen molar-refractivity contribution in [2.75, 3.05) is 44.1 Å². The third kappa shape index (κ3) is 3.09. The summed E-state index contributed by atoms with van der Waals surface area (Å²) in [5.74, 6) is -4.15. The summed E-state index contributed by atoms with van der Waals surface area (Å²) >= 11 is 0. The lowest BCUT2D eigenvalue weighted by atomic mass is 9.81. The Morgan fingerprint density at radius 1 is 1.00 bits per heavy atom. The molecule has 1 aromatic heterocycles. The van der Waals surface area contributed by atoms with Gasteiger partial charge in [-0.15, -0.1) is 0 Å². The van der Waals surface area contributed by atoms with Crippen molar-refractivity contribution in [3.05, 3.63) is 18.5 Å². The second-order valence-corrected chi connectivity index (χ2v) is 8.08. The van der Waals surface area contributed by atoms with Crippen molar-refractivity contribution in [1.82, 2.24) is 19.8 Å². The van der Waals surface area contributed by atoms with Gasteiger partial charge in [-0.25, -0.2) is 9.97 Å². The smallest absolute Gasteiger partial charge is 0.233 e. The minimum absolute atomic E-state index is 0.0791. The van der Waals surface area contributed by atoms with Crippen molar-refractivity contribution in [2.24, 2.45) is 23.6 Å². The molecule has 7 nitrogen and oxygen atoms in total. The molecule has 2 saturated heterocycles. The predicted molar refractivity (Wildman–Crippen MR) is 104 cm³/mol. The topological polar surface area (TPSA) is 69.6 Å². The van der Waals surface area contributed by atoms with Crippen molar-refractivity contribution >= 4 is 17.8 Å². The minimum atomic E-state index is -1.65. The molecular formula is C21H29N5O2. The van der Waals surface area contributed by atoms with Gasteiger partial charge in [0.1, 0.15) is 0 Å². The van der Waals surface area contributed by atoms with E-state index in [9.17, 15) is 9.59 Å². The Hall–Kier alpha value is -2.02. The molecule has 4 fully saturated rings. The molecule has 2 amide bonds. The van der Waals surface area contributed by atoms with Crippen LogP contribution in [0.2, 0.25) is 0 Å². The number of hydrogen-bond donors (Lipinski definition) is 0. The molecule has 3 heterocycles. The fourth-order valence-electron chi connectivity index (χ4n) is 5.10. The maximum absolute atomic E-state index is 13.0. The monoisotopic (exact) mass is 387 g/mol. The predicted octanol–water partition coefficient (Wildman–Crippen LogP) is 1.41. The highest BCUT2D eigenvalue weighted by atomic mass is 16.2. The summed E-state index contributed by atoms with van der Waals surface area (Å²) in [6.07, 6.45) is 5.98. The van der Waals surface area contributed by atoms with Gasteiger partial charge in [0.15, 0.2) is 0 Å². The molecule has 4 atom stereocenters. The second kappa shape index (κ2) is 7.43. The zero-order valence-corrected chi connectivity index (χ0v) is 16.0. The van der Waals surface area contributed by atoms with Crippen LogP contribution in [0, 0.1) is 23.6 Å². The summed E-state index contributed by atoms with van der Waals surface area (Å²) in [6, 6.07) is 1.76. The number of carbonyl (C=O) groups excluding carboxylic acids is 2. The summed E-state index contributed by atoms with van der Waals surface area (Å²) in [7, 11) is 0. The van der Waals surface area contributed by atoms with Crippen LogP contribution in [-0.2, 0) is 9.59 Å². The summed E-state index contributed by atoms with van der Waals surface area (Å²) in [5, 5.41) is 0. The average Bonchev–Trinajstić information content (AvgIpc) is 3.42. The number of likely N-dealkylation sites (tertiary alicyclic amines) is 1. The third-order valence-corrected chi connectivity index (χ3v) is 6.50. The van der Waals surface area contributed by atoms with Crippen molar-refractivity contribution in [2.45, 2.75) is 32.1 Å². The van der Waals surface area contributed by atoms with Crippen LogP contribution in [0.25, 0.3) is 0 Å². The molecule has 2 bridgehead atoms. The Kier molecular flexibility index (Phi) is 3.72. The van der Waals surface area contributed by atoms with Crippen LogP contribution in [0.4, 0.5) is 5.95 Å². The average molecular weight is 388 g/mol. The molecule has 2 aliphatic heterocycles. The van der Waals surface area contributed by atoms with E-state index in [1.807, 2.05) is 4.90 Å². The number of rotatable bonds is 6. The number of carbonyl (C=O) groups is 2. The number of aromatic nitrogens is 2. The SMILES string of the molecule is [2H]C([2H])(CCCN1C(=O)[C@@]2([2H])[C@H]3CC[C@H](C3)[C@@]2([2H])C1=O)N1CCN(c2ncccn2)CC1. The van der Waals surface area contributed by atoms with E-state index in [1.165, 1.54) is 0 Å². The quantitative estimate of drug-likeness (QED) is 0.688. The molecule has 0 radical (unpaired) electrons. The maximum atomic E-state index is 13.0. The Labute approximate surface area is 171 Å². The van der Waals surface area contributed by atoms with Gasteiger partial charge in [0.05, 0.1) is 11.8 Å². The van der Waals surface area contributed by atoms with Crippen LogP contribution in [0.5, 0.6) is 0 Å². The van der Waals surface area contributed by atoms with E-state index < -0.39 is 30.1 Å². The van der Waals surface area contributed by atoms with Gasteiger partial charge in [0.2, 0.25) is 17.8 Å². The fraction of sp³-hybridized carbons (Fsp3) is 0.714. The van der Waals surface area contributed by atoms with Crippen molar-refractivity contribution in [3.63, 3.8) is 0 Å². The largest absolute Gasteiger partial charge is 0.338 e. The molecule has 2 aliphatic carbocycles. The van der Waals surface area contributed by atoms with Crippen LogP contribution >= 0.6 is 0 Å². The molecule has 150 valence electrons. The van der Waals surface area contributed by atoms with E-state index in [1.54, 1.807) is 23.4 Å². The first kappa shape index (κ1) is 14.0. The number of hydrogen-bond acceptors (Lipinski definition) is 6. The zero-order chi connectivity index (χ0) is 22.7. The van der Waals surface area contributed by atoms with Crippen molar-refractivity contribution in [1.29, 1.82) is 0 Å². The third-order valence-electron chi connectivity index (χ3n) is 6.50. The Balaban J connectivity index is 1.17. The number of amides is 2. The number of imide groups is 1. The Bertz CT molecular complexity index is 879. The lowest BCUT2D eigenvalue weighted by Crippen LogP contribution is -2.47. The lowest BCUT2D eigenvalue weighted by molar-refractivity contribution is -0.140. The minimum Gasteiger partial charge on any atom is -0.338 e. The first-order valence-electron chi connectivity index (χ1n) is 12.3. The molecule has 5 rings (SSSR count). The molecule has 1 aromatic rings. The van der Waals surface area contributed by atoms with Gasteiger partial charge in [-0.2, -0.15) is 0 Å². The summed E-state index contributed by atoms with van der Waals surface area (Å²) in [4.78, 5) is 39.4. The first-order chi connectivity index (χ1) is 15.2. The van der Waals surface area contributed by atoms with Gasteiger partial charge in [-0.3, -0.25) is 19.4 Å². The van der Waals surface area contributed by atoms with Crippen LogP contribution in [0.1, 0.15) is 37.6 Å². The highest BCUT2D eigenvalue weighted by Gasteiger charge is 2.60. The number of nitrogens with zero attached hydrogens (tertiary/aromatic N) is 5. The molecule has 28 heavy (non-hydrogen) atoms. The van der Waals surface area contributed by atoms with Crippen LogP contribution in [-0.4, -0.2) is 70.8 Å². The molecule has 0 spiro atoms. The van der Waals surface area contributed by atoms with Gasteiger partial charge in [0, 0.05) is 50.6 Å². The highest BCUT2D eigenvalue weighted by Crippen LogP contribution is 2.56. The van der Waals surface area contributed by atoms with E-state index >= 15 is 0 Å². The molecule has 0 unspecified atom stereocenters. The zero-order valence-electron chi connectivity index (χ0n) is 20.0. The Morgan fingerprint density at radius 2 is 1.64 bits per heavy atom. The standard InChI is InChI=1S/C21H29N5O2/c27-19-17-15-4-5-16(14-15)18(17)20(28)26(19)9-2-1-8-24-10-12-25(13-11-24)21-22-6-3-7-23-21/h3,6-7,15-18H,1-2,4-5,8-14H2/t15-,16+,17-,18+/i8D2,17D,18D. The highest BCUT2D eigenvalue weighted by molar-refractivity contribution is 6.06. The van der Waals surface area contributed by atoms with E-state index in [0.717, 1.165) is 17.7 Å². The fourth-order valence-corrected chi connectivity index (χ4v) is 5.10. The molecule has 7 heteroatoms. The molecule has 0 N–H and O–H groups in total.